The highest BCUT2D eigenvalue weighted by Gasteiger charge is 2.31. The summed E-state index contributed by atoms with van der Waals surface area (Å²) in [4.78, 5) is 16.7. The van der Waals surface area contributed by atoms with Crippen molar-refractivity contribution in [2.75, 3.05) is 0 Å². The van der Waals surface area contributed by atoms with Crippen molar-refractivity contribution in [3.63, 3.8) is 0 Å². The number of nitrogens with zero attached hydrogens (tertiary/aromatic N) is 6. The Labute approximate surface area is 204 Å². The van der Waals surface area contributed by atoms with E-state index < -0.39 is 11.6 Å². The van der Waals surface area contributed by atoms with Crippen molar-refractivity contribution in [1.29, 1.82) is 0 Å². The van der Waals surface area contributed by atoms with Gasteiger partial charge in [-0.25, -0.2) is 14.5 Å². The van der Waals surface area contributed by atoms with Crippen LogP contribution in [0.3, 0.4) is 0 Å². The number of hydrogen-bond donors (Lipinski definition) is 2. The molecule has 182 valence electrons. The molecule has 0 atom stereocenters. The smallest absolute Gasteiger partial charge is 0.354 e. The molecule has 0 amide bonds. The van der Waals surface area contributed by atoms with E-state index in [1.165, 1.54) is 0 Å². The third kappa shape index (κ3) is 4.85. The summed E-state index contributed by atoms with van der Waals surface area (Å²) in [5.74, 6) is 0.263. The summed E-state index contributed by atoms with van der Waals surface area (Å²) in [7, 11) is 0. The van der Waals surface area contributed by atoms with Crippen LogP contribution in [0.5, 0.6) is 0 Å². The quantitative estimate of drug-likeness (QED) is 0.374. The van der Waals surface area contributed by atoms with Crippen LogP contribution in [0.15, 0.2) is 48.5 Å². The van der Waals surface area contributed by atoms with E-state index in [9.17, 15) is 15.0 Å². The molecule has 2 heterocycles. The van der Waals surface area contributed by atoms with Crippen molar-refractivity contribution in [2.24, 2.45) is 0 Å². The Morgan fingerprint density at radius 3 is 2.31 bits per heavy atom. The number of aromatic nitrogens is 6. The molecular weight excluding hydrogens is 444 g/mol. The molecule has 0 radical (unpaired) electrons. The molecule has 0 aliphatic carbocycles. The van der Waals surface area contributed by atoms with Crippen LogP contribution in [0, 0.1) is 0 Å². The highest BCUT2D eigenvalue weighted by atomic mass is 16.4. The second-order valence-corrected chi connectivity index (χ2v) is 8.99. The lowest BCUT2D eigenvalue weighted by Gasteiger charge is -2.16. The number of carbonyl (C=O) groups is 1. The fraction of sp³-hybridized carbons (Fsp3) is 0.346. The Kier molecular flexibility index (Phi) is 6.79. The third-order valence-corrected chi connectivity index (χ3v) is 5.91. The molecule has 9 heteroatoms. The number of aryl methyl sites for hydroxylation is 2. The van der Waals surface area contributed by atoms with Gasteiger partial charge in [-0.05, 0) is 54.3 Å². The molecule has 9 nitrogen and oxygen atoms in total. The van der Waals surface area contributed by atoms with E-state index in [-0.39, 0.29) is 11.4 Å². The second-order valence-electron chi connectivity index (χ2n) is 8.99. The molecule has 2 aromatic heterocycles. The standard InChI is InChI=1S/C26H30N6O3/c1-5-9-21-27-23(26(3,4)35)22(25(33)34)31(21)16-17-12-14-18(15-13-17)19-10-7-8-11-20(19)24-28-29-30-32(24)6-2/h7-8,10-15,35H,5-6,9,16H2,1-4H3,(H,33,34). The lowest BCUT2D eigenvalue weighted by molar-refractivity contribution is 0.0602. The molecule has 35 heavy (non-hydrogen) atoms. The van der Waals surface area contributed by atoms with Gasteiger partial charge >= 0.3 is 5.97 Å². The van der Waals surface area contributed by atoms with Crippen LogP contribution in [0.25, 0.3) is 22.5 Å². The van der Waals surface area contributed by atoms with Crippen LogP contribution in [-0.2, 0) is 25.1 Å². The zero-order chi connectivity index (χ0) is 25.2. The van der Waals surface area contributed by atoms with Crippen molar-refractivity contribution in [3.05, 3.63) is 71.3 Å². The minimum absolute atomic E-state index is 0.0294. The van der Waals surface area contributed by atoms with Crippen LogP contribution in [0.1, 0.15) is 61.7 Å². The highest BCUT2D eigenvalue weighted by molar-refractivity contribution is 5.87. The number of carboxylic acids is 1. The average Bonchev–Trinajstić information content (AvgIpc) is 3.45. The largest absolute Gasteiger partial charge is 0.477 e. The molecule has 4 rings (SSSR count). The van der Waals surface area contributed by atoms with Gasteiger partial charge in [-0.1, -0.05) is 55.5 Å². The fourth-order valence-corrected chi connectivity index (χ4v) is 4.24. The number of benzene rings is 2. The molecule has 0 saturated carbocycles. The SMILES string of the molecule is CCCc1nc(C(C)(C)O)c(C(=O)O)n1Cc1ccc(-c2ccccc2-c2nnnn2CC)cc1. The Morgan fingerprint density at radius 2 is 1.71 bits per heavy atom. The molecule has 0 fully saturated rings. The van der Waals surface area contributed by atoms with E-state index in [1.807, 2.05) is 62.4 Å². The average molecular weight is 475 g/mol. The normalized spacial score (nSPS) is 11.7. The maximum Gasteiger partial charge on any atom is 0.354 e. The van der Waals surface area contributed by atoms with Crippen LogP contribution in [0.2, 0.25) is 0 Å². The maximum atomic E-state index is 12.1. The van der Waals surface area contributed by atoms with E-state index in [2.05, 4.69) is 20.5 Å². The number of tetrazole rings is 1. The summed E-state index contributed by atoms with van der Waals surface area (Å²) < 4.78 is 3.46. The first-order valence-electron chi connectivity index (χ1n) is 11.7. The minimum Gasteiger partial charge on any atom is -0.477 e. The highest BCUT2D eigenvalue weighted by Crippen LogP contribution is 2.31. The maximum absolute atomic E-state index is 12.1. The lowest BCUT2D eigenvalue weighted by Crippen LogP contribution is -2.22. The summed E-state index contributed by atoms with van der Waals surface area (Å²) >= 11 is 0. The number of rotatable bonds is 9. The number of imidazole rings is 1. The summed E-state index contributed by atoms with van der Waals surface area (Å²) in [5.41, 5.74) is 2.75. The minimum atomic E-state index is -1.36. The van der Waals surface area contributed by atoms with Crippen molar-refractivity contribution in [2.45, 2.75) is 59.2 Å². The Bertz CT molecular complexity index is 1330. The first-order valence-corrected chi connectivity index (χ1v) is 11.7. The zero-order valence-corrected chi connectivity index (χ0v) is 20.4. The summed E-state index contributed by atoms with van der Waals surface area (Å²) in [6.45, 7) is 8.14. The summed E-state index contributed by atoms with van der Waals surface area (Å²) in [5, 5.41) is 32.6. The van der Waals surface area contributed by atoms with Gasteiger partial charge in [-0.15, -0.1) is 5.10 Å². The van der Waals surface area contributed by atoms with Gasteiger partial charge in [0.05, 0.1) is 0 Å². The van der Waals surface area contributed by atoms with Crippen molar-refractivity contribution < 1.29 is 15.0 Å². The van der Waals surface area contributed by atoms with Gasteiger partial charge in [0.25, 0.3) is 0 Å². The van der Waals surface area contributed by atoms with Gasteiger partial charge in [-0.3, -0.25) is 0 Å². The van der Waals surface area contributed by atoms with Gasteiger partial charge < -0.3 is 14.8 Å². The van der Waals surface area contributed by atoms with Gasteiger partial charge in [0.2, 0.25) is 0 Å². The van der Waals surface area contributed by atoms with E-state index in [0.717, 1.165) is 28.7 Å². The molecule has 0 bridgehead atoms. The zero-order valence-electron chi connectivity index (χ0n) is 20.4. The van der Waals surface area contributed by atoms with Crippen LogP contribution in [-0.4, -0.2) is 45.9 Å². The number of hydrogen-bond acceptors (Lipinski definition) is 6. The van der Waals surface area contributed by atoms with E-state index in [4.69, 9.17) is 0 Å². The van der Waals surface area contributed by atoms with E-state index in [0.29, 0.717) is 31.2 Å². The number of aliphatic hydroxyl groups is 1. The second kappa shape index (κ2) is 9.79. The van der Waals surface area contributed by atoms with Gasteiger partial charge in [0, 0.05) is 25.1 Å². The molecule has 0 aliphatic rings. The van der Waals surface area contributed by atoms with Crippen LogP contribution < -0.4 is 0 Å². The van der Waals surface area contributed by atoms with Crippen molar-refractivity contribution in [1.82, 2.24) is 29.8 Å². The van der Waals surface area contributed by atoms with Crippen LogP contribution >= 0.6 is 0 Å². The van der Waals surface area contributed by atoms with Gasteiger partial charge in [0.15, 0.2) is 11.5 Å². The summed E-state index contributed by atoms with van der Waals surface area (Å²) in [6, 6.07) is 16.0. The number of aromatic carboxylic acids is 1. The van der Waals surface area contributed by atoms with E-state index in [1.54, 1.807) is 23.1 Å². The monoisotopic (exact) mass is 474 g/mol. The topological polar surface area (TPSA) is 119 Å². The van der Waals surface area contributed by atoms with Crippen molar-refractivity contribution >= 4 is 5.97 Å². The van der Waals surface area contributed by atoms with Crippen molar-refractivity contribution in [3.8, 4) is 22.5 Å². The Morgan fingerprint density at radius 1 is 1.03 bits per heavy atom. The van der Waals surface area contributed by atoms with Gasteiger partial charge in [0.1, 0.15) is 17.1 Å². The molecule has 4 aromatic rings. The summed E-state index contributed by atoms with van der Waals surface area (Å²) in [6.07, 6.45) is 1.43. The molecular formula is C26H30N6O3. The van der Waals surface area contributed by atoms with E-state index >= 15 is 0 Å². The lowest BCUT2D eigenvalue weighted by atomic mass is 9.98. The predicted octanol–water partition coefficient (Wildman–Crippen LogP) is 4.15. The number of carboxylic acid groups (broad SMARTS) is 1. The first-order chi connectivity index (χ1) is 16.7. The molecule has 2 N–H and O–H groups in total. The molecule has 0 aliphatic heterocycles. The Hall–Kier alpha value is -3.85. The first kappa shape index (κ1) is 24.3. The molecule has 0 saturated heterocycles. The Balaban J connectivity index is 1.71. The van der Waals surface area contributed by atoms with Crippen LogP contribution in [0.4, 0.5) is 0 Å². The van der Waals surface area contributed by atoms with Gasteiger partial charge in [-0.2, -0.15) is 0 Å². The molecule has 0 spiro atoms. The fourth-order valence-electron chi connectivity index (χ4n) is 4.24. The third-order valence-electron chi connectivity index (χ3n) is 5.91. The molecule has 2 aromatic carbocycles. The molecule has 0 unspecified atom stereocenters. The predicted molar refractivity (Wildman–Crippen MR) is 132 cm³/mol.